The van der Waals surface area contributed by atoms with Gasteiger partial charge in [0.05, 0.1) is 0 Å². The van der Waals surface area contributed by atoms with E-state index in [4.69, 9.17) is 11.6 Å². The maximum absolute atomic E-state index is 5.99. The van der Waals surface area contributed by atoms with E-state index in [1.54, 1.807) is 0 Å². The van der Waals surface area contributed by atoms with E-state index < -0.39 is 0 Å². The third kappa shape index (κ3) is 1.92. The van der Waals surface area contributed by atoms with E-state index in [-0.39, 0.29) is 0 Å². The number of aryl methyl sites for hydroxylation is 1. The highest BCUT2D eigenvalue weighted by molar-refractivity contribution is 6.28. The fourth-order valence-corrected chi connectivity index (χ4v) is 2.41. The molecule has 14 heavy (non-hydrogen) atoms. The number of hydrogen-bond donors (Lipinski definition) is 0. The summed E-state index contributed by atoms with van der Waals surface area (Å²) in [4.78, 5) is 0. The van der Waals surface area contributed by atoms with Gasteiger partial charge in [-0.15, -0.1) is 10.2 Å². The Bertz CT molecular complexity index is 302. The highest BCUT2D eigenvalue weighted by Gasteiger charge is 2.18. The van der Waals surface area contributed by atoms with Crippen LogP contribution in [-0.4, -0.2) is 14.8 Å². The maximum atomic E-state index is 5.99. The standard InChI is InChI=1S/C10H16ClN3/c1-2-9-12-13-10(11)14(9)7-8-5-3-4-6-8/h8H,2-7H2,1H3. The van der Waals surface area contributed by atoms with Crippen molar-refractivity contribution in [2.24, 2.45) is 5.92 Å². The van der Waals surface area contributed by atoms with Crippen molar-refractivity contribution >= 4 is 11.6 Å². The van der Waals surface area contributed by atoms with E-state index in [1.165, 1.54) is 25.7 Å². The minimum absolute atomic E-state index is 0.550. The van der Waals surface area contributed by atoms with Crippen molar-refractivity contribution in [1.82, 2.24) is 14.8 Å². The van der Waals surface area contributed by atoms with Crippen LogP contribution in [0.25, 0.3) is 0 Å². The zero-order valence-electron chi connectivity index (χ0n) is 8.54. The molecule has 0 aliphatic heterocycles. The Balaban J connectivity index is 2.09. The van der Waals surface area contributed by atoms with Crippen LogP contribution in [0.2, 0.25) is 5.28 Å². The van der Waals surface area contributed by atoms with Gasteiger partial charge in [0.2, 0.25) is 5.28 Å². The average molecular weight is 214 g/mol. The predicted octanol–water partition coefficient (Wildman–Crippen LogP) is 2.68. The van der Waals surface area contributed by atoms with Crippen LogP contribution in [0.3, 0.4) is 0 Å². The monoisotopic (exact) mass is 213 g/mol. The van der Waals surface area contributed by atoms with Gasteiger partial charge < -0.3 is 4.57 Å². The first-order valence-electron chi connectivity index (χ1n) is 5.39. The Hall–Kier alpha value is -0.570. The Morgan fingerprint density at radius 3 is 2.71 bits per heavy atom. The van der Waals surface area contributed by atoms with Crippen molar-refractivity contribution in [2.45, 2.75) is 45.6 Å². The highest BCUT2D eigenvalue weighted by Crippen LogP contribution is 2.27. The zero-order chi connectivity index (χ0) is 9.97. The maximum Gasteiger partial charge on any atom is 0.225 e. The lowest BCUT2D eigenvalue weighted by Gasteiger charge is -2.11. The zero-order valence-corrected chi connectivity index (χ0v) is 9.30. The number of aromatic nitrogens is 3. The van der Waals surface area contributed by atoms with Crippen LogP contribution in [0.4, 0.5) is 0 Å². The molecule has 0 aromatic carbocycles. The van der Waals surface area contributed by atoms with E-state index in [2.05, 4.69) is 21.7 Å². The molecule has 1 saturated carbocycles. The lowest BCUT2D eigenvalue weighted by Crippen LogP contribution is -2.10. The molecule has 0 unspecified atom stereocenters. The van der Waals surface area contributed by atoms with E-state index >= 15 is 0 Å². The second-order valence-corrected chi connectivity index (χ2v) is 4.34. The molecule has 2 rings (SSSR count). The summed E-state index contributed by atoms with van der Waals surface area (Å²) < 4.78 is 2.07. The molecule has 4 heteroatoms. The molecule has 1 heterocycles. The molecule has 1 fully saturated rings. The molecule has 0 spiro atoms. The van der Waals surface area contributed by atoms with Crippen molar-refractivity contribution in [3.63, 3.8) is 0 Å². The number of rotatable bonds is 3. The van der Waals surface area contributed by atoms with Crippen LogP contribution in [0, 0.1) is 5.92 Å². The highest BCUT2D eigenvalue weighted by atomic mass is 35.5. The molecule has 1 aromatic rings. The molecule has 0 N–H and O–H groups in total. The second-order valence-electron chi connectivity index (χ2n) is 4.00. The van der Waals surface area contributed by atoms with Gasteiger partial charge in [0.1, 0.15) is 5.82 Å². The van der Waals surface area contributed by atoms with Crippen molar-refractivity contribution < 1.29 is 0 Å². The summed E-state index contributed by atoms with van der Waals surface area (Å²) in [6.45, 7) is 3.10. The molecule has 1 aromatic heterocycles. The summed E-state index contributed by atoms with van der Waals surface area (Å²) in [5.41, 5.74) is 0. The molecule has 1 aliphatic carbocycles. The van der Waals surface area contributed by atoms with Crippen molar-refractivity contribution in [1.29, 1.82) is 0 Å². The predicted molar refractivity (Wildman–Crippen MR) is 56.4 cm³/mol. The molecule has 0 saturated heterocycles. The topological polar surface area (TPSA) is 30.7 Å². The van der Waals surface area contributed by atoms with Crippen LogP contribution in [0.15, 0.2) is 0 Å². The van der Waals surface area contributed by atoms with Crippen molar-refractivity contribution in [3.05, 3.63) is 11.1 Å². The van der Waals surface area contributed by atoms with Gasteiger partial charge in [-0.3, -0.25) is 0 Å². The largest absolute Gasteiger partial charge is 0.302 e. The number of nitrogens with zero attached hydrogens (tertiary/aromatic N) is 3. The first-order chi connectivity index (χ1) is 6.81. The normalized spacial score (nSPS) is 17.9. The van der Waals surface area contributed by atoms with E-state index in [0.29, 0.717) is 5.28 Å². The van der Waals surface area contributed by atoms with Gasteiger partial charge >= 0.3 is 0 Å². The summed E-state index contributed by atoms with van der Waals surface area (Å²) >= 11 is 5.99. The van der Waals surface area contributed by atoms with Crippen LogP contribution in [0.1, 0.15) is 38.4 Å². The lowest BCUT2D eigenvalue weighted by atomic mass is 10.1. The van der Waals surface area contributed by atoms with Crippen LogP contribution >= 0.6 is 11.6 Å². The molecule has 0 bridgehead atoms. The van der Waals surface area contributed by atoms with Gasteiger partial charge in [-0.2, -0.15) is 0 Å². The lowest BCUT2D eigenvalue weighted by molar-refractivity contribution is 0.448. The molecular weight excluding hydrogens is 198 g/mol. The molecule has 0 atom stereocenters. The quantitative estimate of drug-likeness (QED) is 0.773. The number of hydrogen-bond acceptors (Lipinski definition) is 2. The summed E-state index contributed by atoms with van der Waals surface area (Å²) in [6.07, 6.45) is 6.31. The third-order valence-electron chi connectivity index (χ3n) is 3.01. The van der Waals surface area contributed by atoms with Crippen LogP contribution in [-0.2, 0) is 13.0 Å². The second kappa shape index (κ2) is 4.30. The number of halogens is 1. The average Bonchev–Trinajstić information content (AvgIpc) is 2.79. The van der Waals surface area contributed by atoms with Crippen molar-refractivity contribution in [2.75, 3.05) is 0 Å². The fraction of sp³-hybridized carbons (Fsp3) is 0.800. The summed E-state index contributed by atoms with van der Waals surface area (Å²) in [7, 11) is 0. The minimum atomic E-state index is 0.550. The Labute approximate surface area is 89.5 Å². The van der Waals surface area contributed by atoms with E-state index in [9.17, 15) is 0 Å². The van der Waals surface area contributed by atoms with Gasteiger partial charge in [0, 0.05) is 13.0 Å². The van der Waals surface area contributed by atoms with Gasteiger partial charge in [-0.05, 0) is 30.4 Å². The third-order valence-corrected chi connectivity index (χ3v) is 3.29. The van der Waals surface area contributed by atoms with Gasteiger partial charge in [-0.25, -0.2) is 0 Å². The molecule has 0 amide bonds. The molecule has 1 aliphatic rings. The molecule has 0 radical (unpaired) electrons. The Kier molecular flexibility index (Phi) is 3.06. The minimum Gasteiger partial charge on any atom is -0.302 e. The SMILES string of the molecule is CCc1nnc(Cl)n1CC1CCCC1. The van der Waals surface area contributed by atoms with Gasteiger partial charge in [-0.1, -0.05) is 19.8 Å². The smallest absolute Gasteiger partial charge is 0.225 e. The van der Waals surface area contributed by atoms with Crippen molar-refractivity contribution in [3.8, 4) is 0 Å². The van der Waals surface area contributed by atoms with Gasteiger partial charge in [0.25, 0.3) is 0 Å². The molecular formula is C10H16ClN3. The van der Waals surface area contributed by atoms with Gasteiger partial charge in [0.15, 0.2) is 0 Å². The van der Waals surface area contributed by atoms with Crippen LogP contribution < -0.4 is 0 Å². The summed E-state index contributed by atoms with van der Waals surface area (Å²) in [6, 6.07) is 0. The van der Waals surface area contributed by atoms with E-state index in [1.807, 2.05) is 0 Å². The molecule has 3 nitrogen and oxygen atoms in total. The van der Waals surface area contributed by atoms with Crippen LogP contribution in [0.5, 0.6) is 0 Å². The summed E-state index contributed by atoms with van der Waals surface area (Å²) in [5, 5.41) is 8.51. The first-order valence-corrected chi connectivity index (χ1v) is 5.76. The Morgan fingerprint density at radius 1 is 1.36 bits per heavy atom. The summed E-state index contributed by atoms with van der Waals surface area (Å²) in [5.74, 6) is 1.80. The Morgan fingerprint density at radius 2 is 2.07 bits per heavy atom. The molecule has 78 valence electrons. The van der Waals surface area contributed by atoms with E-state index in [0.717, 1.165) is 24.7 Å². The fourth-order valence-electron chi connectivity index (χ4n) is 2.21. The first kappa shape index (κ1) is 9.97.